The molecule has 84 valence electrons. The zero-order chi connectivity index (χ0) is 11.4. The van der Waals surface area contributed by atoms with Gasteiger partial charge < -0.3 is 16.0 Å². The molecule has 1 aromatic carbocycles. The maximum Gasteiger partial charge on any atom is 0.318 e. The summed E-state index contributed by atoms with van der Waals surface area (Å²) < 4.78 is 0. The highest BCUT2D eigenvalue weighted by Crippen LogP contribution is 2.11. The van der Waals surface area contributed by atoms with Crippen LogP contribution >= 0.6 is 0 Å². The molecule has 1 aliphatic rings. The summed E-state index contributed by atoms with van der Waals surface area (Å²) in [5, 5.41) is 8.42. The molecule has 2 rings (SSSR count). The second kappa shape index (κ2) is 4.65. The molecule has 0 unspecified atom stereocenters. The van der Waals surface area contributed by atoms with E-state index in [0.717, 1.165) is 30.2 Å². The Morgan fingerprint density at radius 2 is 2.38 bits per heavy atom. The largest absolute Gasteiger partial charge is 0.368 e. The number of nitrogens with one attached hydrogen (secondary N) is 3. The van der Waals surface area contributed by atoms with E-state index in [1.165, 1.54) is 0 Å². The molecule has 0 saturated carbocycles. The number of benzene rings is 1. The minimum Gasteiger partial charge on any atom is -0.368 e. The molecule has 0 atom stereocenters. The third kappa shape index (κ3) is 2.31. The number of aliphatic imine (C=N–C) groups is 1. The van der Waals surface area contributed by atoms with Gasteiger partial charge in [-0.2, -0.15) is 0 Å². The van der Waals surface area contributed by atoms with Crippen LogP contribution in [-0.2, 0) is 0 Å². The van der Waals surface area contributed by atoms with Gasteiger partial charge in [-0.15, -0.1) is 0 Å². The molecule has 3 N–H and O–H groups in total. The van der Waals surface area contributed by atoms with E-state index in [1.807, 2.05) is 24.3 Å². The van der Waals surface area contributed by atoms with Crippen LogP contribution in [0.3, 0.4) is 0 Å². The van der Waals surface area contributed by atoms with Gasteiger partial charge in [-0.05, 0) is 12.1 Å². The Morgan fingerprint density at radius 1 is 1.50 bits per heavy atom. The average molecular weight is 218 g/mol. The Hall–Kier alpha value is -2.04. The molecule has 0 aliphatic carbocycles. The predicted octanol–water partition coefficient (Wildman–Crippen LogP) is 0.788. The van der Waals surface area contributed by atoms with Gasteiger partial charge in [0.05, 0.1) is 6.54 Å². The molecular weight excluding hydrogens is 204 g/mol. The first-order chi connectivity index (χ1) is 7.79. The fourth-order valence-electron chi connectivity index (χ4n) is 1.53. The van der Waals surface area contributed by atoms with E-state index in [0.29, 0.717) is 0 Å². The van der Waals surface area contributed by atoms with Crippen molar-refractivity contribution in [1.29, 1.82) is 0 Å². The lowest BCUT2D eigenvalue weighted by molar-refractivity contribution is 0.254. The fraction of sp³-hybridized carbons (Fsp3) is 0.273. The van der Waals surface area contributed by atoms with Crippen LogP contribution in [0.2, 0.25) is 0 Å². The summed E-state index contributed by atoms with van der Waals surface area (Å²) in [7, 11) is 1.59. The van der Waals surface area contributed by atoms with Crippen molar-refractivity contribution >= 4 is 17.6 Å². The Balaban J connectivity index is 2.16. The highest BCUT2D eigenvalue weighted by molar-refractivity contribution is 6.01. The lowest BCUT2D eigenvalue weighted by atomic mass is 10.2. The van der Waals surface area contributed by atoms with Gasteiger partial charge in [0.1, 0.15) is 5.84 Å². The third-order valence-electron chi connectivity index (χ3n) is 2.30. The summed E-state index contributed by atoms with van der Waals surface area (Å²) in [5.41, 5.74) is 1.75. The van der Waals surface area contributed by atoms with E-state index >= 15 is 0 Å². The number of hydrogen-bond acceptors (Lipinski definition) is 3. The van der Waals surface area contributed by atoms with Crippen LogP contribution in [0.15, 0.2) is 29.3 Å². The van der Waals surface area contributed by atoms with Gasteiger partial charge in [-0.3, -0.25) is 4.99 Å². The first kappa shape index (κ1) is 10.5. The number of amides is 2. The van der Waals surface area contributed by atoms with Crippen LogP contribution in [0.1, 0.15) is 5.56 Å². The molecule has 0 aromatic heterocycles. The minimum atomic E-state index is -0.224. The number of nitrogens with zero attached hydrogens (tertiary/aromatic N) is 1. The van der Waals surface area contributed by atoms with Crippen LogP contribution in [0.4, 0.5) is 10.5 Å². The van der Waals surface area contributed by atoms with Gasteiger partial charge in [-0.25, -0.2) is 4.79 Å². The molecule has 1 aliphatic heterocycles. The van der Waals surface area contributed by atoms with Crippen LogP contribution in [-0.4, -0.2) is 32.0 Å². The number of amidine groups is 1. The topological polar surface area (TPSA) is 65.5 Å². The van der Waals surface area contributed by atoms with Crippen LogP contribution in [0.25, 0.3) is 0 Å². The average Bonchev–Trinajstić information content (AvgIpc) is 2.83. The second-order valence-electron chi connectivity index (χ2n) is 3.44. The summed E-state index contributed by atoms with van der Waals surface area (Å²) in [6.07, 6.45) is 0. The van der Waals surface area contributed by atoms with Gasteiger partial charge in [0.2, 0.25) is 0 Å². The van der Waals surface area contributed by atoms with Gasteiger partial charge in [0.25, 0.3) is 0 Å². The number of rotatable bonds is 2. The summed E-state index contributed by atoms with van der Waals surface area (Å²) in [5.74, 6) is 0.889. The lowest BCUT2D eigenvalue weighted by Gasteiger charge is -2.07. The van der Waals surface area contributed by atoms with Crippen molar-refractivity contribution in [2.45, 2.75) is 0 Å². The SMILES string of the molecule is CNC(=O)Nc1cccc(C2=NCCN2)c1. The van der Waals surface area contributed by atoms with Crippen molar-refractivity contribution in [3.05, 3.63) is 29.8 Å². The van der Waals surface area contributed by atoms with E-state index in [9.17, 15) is 4.79 Å². The Kier molecular flexibility index (Phi) is 3.05. The van der Waals surface area contributed by atoms with Gasteiger partial charge in [-0.1, -0.05) is 12.1 Å². The van der Waals surface area contributed by atoms with Crippen LogP contribution in [0.5, 0.6) is 0 Å². The van der Waals surface area contributed by atoms with Crippen molar-refractivity contribution in [3.8, 4) is 0 Å². The van der Waals surface area contributed by atoms with E-state index in [1.54, 1.807) is 7.05 Å². The molecule has 5 heteroatoms. The fourth-order valence-corrected chi connectivity index (χ4v) is 1.53. The van der Waals surface area contributed by atoms with Crippen molar-refractivity contribution in [1.82, 2.24) is 10.6 Å². The standard InChI is InChI=1S/C11H14N4O/c1-12-11(16)15-9-4-2-3-8(7-9)10-13-5-6-14-10/h2-4,7H,5-6H2,1H3,(H,13,14)(H2,12,15,16). The van der Waals surface area contributed by atoms with E-state index in [2.05, 4.69) is 20.9 Å². The highest BCUT2D eigenvalue weighted by Gasteiger charge is 2.08. The first-order valence-electron chi connectivity index (χ1n) is 5.17. The summed E-state index contributed by atoms with van der Waals surface area (Å²) >= 11 is 0. The molecule has 0 radical (unpaired) electrons. The normalized spacial score (nSPS) is 13.9. The molecule has 2 amide bonds. The maximum absolute atomic E-state index is 11.1. The van der Waals surface area contributed by atoms with E-state index in [4.69, 9.17) is 0 Å². The Labute approximate surface area is 94.0 Å². The molecule has 0 spiro atoms. The first-order valence-corrected chi connectivity index (χ1v) is 5.17. The molecular formula is C11H14N4O. The smallest absolute Gasteiger partial charge is 0.318 e. The third-order valence-corrected chi connectivity index (χ3v) is 2.30. The number of carbonyl (C=O) groups excluding carboxylic acids is 1. The van der Waals surface area contributed by atoms with Gasteiger partial charge >= 0.3 is 6.03 Å². The van der Waals surface area contributed by atoms with Crippen molar-refractivity contribution in [2.24, 2.45) is 4.99 Å². The van der Waals surface area contributed by atoms with E-state index < -0.39 is 0 Å². The Morgan fingerprint density at radius 3 is 3.06 bits per heavy atom. The van der Waals surface area contributed by atoms with Crippen LogP contribution < -0.4 is 16.0 Å². The predicted molar refractivity (Wildman–Crippen MR) is 63.9 cm³/mol. The molecule has 5 nitrogen and oxygen atoms in total. The van der Waals surface area contributed by atoms with Crippen LogP contribution in [0, 0.1) is 0 Å². The van der Waals surface area contributed by atoms with Gasteiger partial charge in [0.15, 0.2) is 0 Å². The molecule has 1 heterocycles. The molecule has 0 saturated heterocycles. The molecule has 0 fully saturated rings. The zero-order valence-corrected chi connectivity index (χ0v) is 9.08. The molecule has 16 heavy (non-hydrogen) atoms. The Bertz CT molecular complexity index is 428. The number of hydrogen-bond donors (Lipinski definition) is 3. The van der Waals surface area contributed by atoms with E-state index in [-0.39, 0.29) is 6.03 Å². The quantitative estimate of drug-likeness (QED) is 0.687. The summed E-state index contributed by atoms with van der Waals surface area (Å²) in [6.45, 7) is 1.69. The zero-order valence-electron chi connectivity index (χ0n) is 9.08. The second-order valence-corrected chi connectivity index (χ2v) is 3.44. The molecule has 1 aromatic rings. The summed E-state index contributed by atoms with van der Waals surface area (Å²) in [4.78, 5) is 15.5. The maximum atomic E-state index is 11.1. The van der Waals surface area contributed by atoms with Crippen molar-refractivity contribution < 1.29 is 4.79 Å². The monoisotopic (exact) mass is 218 g/mol. The minimum absolute atomic E-state index is 0.224. The highest BCUT2D eigenvalue weighted by atomic mass is 16.2. The number of urea groups is 1. The van der Waals surface area contributed by atoms with Crippen molar-refractivity contribution in [2.75, 3.05) is 25.5 Å². The number of anilines is 1. The summed E-state index contributed by atoms with van der Waals surface area (Å²) in [6, 6.07) is 7.37. The lowest BCUT2D eigenvalue weighted by Crippen LogP contribution is -2.25. The van der Waals surface area contributed by atoms with Crippen molar-refractivity contribution in [3.63, 3.8) is 0 Å². The molecule has 0 bridgehead atoms. The number of carbonyl (C=O) groups is 1. The van der Waals surface area contributed by atoms with Gasteiger partial charge in [0, 0.05) is 24.8 Å².